The monoisotopic (exact) mass is 289 g/mol. The third kappa shape index (κ3) is 2.71. The van der Waals surface area contributed by atoms with E-state index >= 15 is 0 Å². The number of aromatic hydroxyl groups is 1. The number of hydrogen-bond donors (Lipinski definition) is 2. The van der Waals surface area contributed by atoms with E-state index in [9.17, 15) is 15.0 Å². The van der Waals surface area contributed by atoms with Gasteiger partial charge >= 0.3 is 5.97 Å². The molecule has 0 atom stereocenters. The van der Waals surface area contributed by atoms with Gasteiger partial charge in [0, 0.05) is 6.20 Å². The number of carboxylic acid groups (broad SMARTS) is 1. The van der Waals surface area contributed by atoms with Gasteiger partial charge in [0.05, 0.1) is 6.54 Å². The second kappa shape index (κ2) is 5.73. The molecule has 21 heavy (non-hydrogen) atoms. The molecular formula is C15H19N3O3. The number of imidazole rings is 1. The van der Waals surface area contributed by atoms with Crippen molar-refractivity contribution in [3.8, 4) is 5.75 Å². The number of rotatable bonds is 3. The average molecular weight is 289 g/mol. The first-order valence-electron chi connectivity index (χ1n) is 7.31. The lowest BCUT2D eigenvalue weighted by Gasteiger charge is -2.18. The summed E-state index contributed by atoms with van der Waals surface area (Å²) in [6.07, 6.45) is 6.59. The van der Waals surface area contributed by atoms with Crippen LogP contribution in [0.5, 0.6) is 5.75 Å². The van der Waals surface area contributed by atoms with Gasteiger partial charge in [-0.2, -0.15) is 0 Å². The molecule has 6 heteroatoms. The van der Waals surface area contributed by atoms with Gasteiger partial charge in [0.25, 0.3) is 0 Å². The highest BCUT2D eigenvalue weighted by atomic mass is 16.4. The molecule has 1 fully saturated rings. The maximum absolute atomic E-state index is 11.3. The molecule has 3 heterocycles. The van der Waals surface area contributed by atoms with E-state index in [1.54, 1.807) is 16.7 Å². The predicted octanol–water partition coefficient (Wildman–Crippen LogP) is 2.11. The second-order valence-corrected chi connectivity index (χ2v) is 5.48. The van der Waals surface area contributed by atoms with Gasteiger partial charge in [-0.15, -0.1) is 0 Å². The van der Waals surface area contributed by atoms with Crippen LogP contribution in [-0.4, -0.2) is 43.6 Å². The molecule has 2 aromatic heterocycles. The molecule has 3 rings (SSSR count). The number of hydrogen-bond acceptors (Lipinski definition) is 4. The molecule has 2 N–H and O–H groups in total. The van der Waals surface area contributed by atoms with Crippen LogP contribution in [0.25, 0.3) is 5.52 Å². The fourth-order valence-corrected chi connectivity index (χ4v) is 2.94. The molecular weight excluding hydrogens is 270 g/mol. The van der Waals surface area contributed by atoms with Crippen LogP contribution in [0.3, 0.4) is 0 Å². The molecule has 0 aromatic carbocycles. The molecule has 0 amide bonds. The smallest absolute Gasteiger partial charge is 0.356 e. The largest absolute Gasteiger partial charge is 0.506 e. The molecule has 1 aliphatic rings. The molecule has 0 saturated carbocycles. The van der Waals surface area contributed by atoms with Crippen LogP contribution in [0.1, 0.15) is 42.0 Å². The van der Waals surface area contributed by atoms with E-state index in [-0.39, 0.29) is 17.0 Å². The van der Waals surface area contributed by atoms with Crippen LogP contribution >= 0.6 is 0 Å². The number of fused-ring (bicyclic) bond motifs is 1. The molecule has 0 bridgehead atoms. The summed E-state index contributed by atoms with van der Waals surface area (Å²) in [5.74, 6) is -0.499. The van der Waals surface area contributed by atoms with Crippen molar-refractivity contribution in [2.75, 3.05) is 13.1 Å². The van der Waals surface area contributed by atoms with Crippen molar-refractivity contribution < 1.29 is 15.0 Å². The quantitative estimate of drug-likeness (QED) is 0.905. The number of carboxylic acids is 1. The van der Waals surface area contributed by atoms with Crippen molar-refractivity contribution in [2.24, 2.45) is 0 Å². The summed E-state index contributed by atoms with van der Waals surface area (Å²) in [5, 5.41) is 19.2. The van der Waals surface area contributed by atoms with Crippen LogP contribution < -0.4 is 0 Å². The Balaban J connectivity index is 1.98. The summed E-state index contributed by atoms with van der Waals surface area (Å²) in [7, 11) is 0. The summed E-state index contributed by atoms with van der Waals surface area (Å²) in [6, 6.07) is 3.18. The van der Waals surface area contributed by atoms with Gasteiger partial charge in [-0.1, -0.05) is 12.8 Å². The molecule has 0 radical (unpaired) electrons. The Morgan fingerprint density at radius 3 is 2.62 bits per heavy atom. The number of carbonyl (C=O) groups is 1. The van der Waals surface area contributed by atoms with E-state index in [0.29, 0.717) is 12.4 Å². The number of likely N-dealkylation sites (tertiary alicyclic amines) is 1. The van der Waals surface area contributed by atoms with E-state index in [1.165, 1.54) is 31.7 Å². The van der Waals surface area contributed by atoms with Gasteiger partial charge in [-0.3, -0.25) is 9.30 Å². The number of pyridine rings is 1. The van der Waals surface area contributed by atoms with Crippen LogP contribution in [0.15, 0.2) is 18.3 Å². The number of nitrogens with zero attached hydrogens (tertiary/aromatic N) is 3. The van der Waals surface area contributed by atoms with Crippen LogP contribution in [0.4, 0.5) is 0 Å². The Labute approximate surface area is 122 Å². The molecule has 1 aliphatic heterocycles. The minimum Gasteiger partial charge on any atom is -0.506 e. The fourth-order valence-electron chi connectivity index (χ4n) is 2.94. The lowest BCUT2D eigenvalue weighted by molar-refractivity contribution is 0.0692. The fraction of sp³-hybridized carbons (Fsp3) is 0.467. The van der Waals surface area contributed by atoms with Gasteiger partial charge in [0.15, 0.2) is 5.69 Å². The molecule has 0 aliphatic carbocycles. The number of aromatic carboxylic acids is 1. The SMILES string of the molecule is O=C(O)c1nc(CN2CCCCCC2)n2cccc(O)c12. The van der Waals surface area contributed by atoms with Crippen LogP contribution in [-0.2, 0) is 6.54 Å². The zero-order valence-corrected chi connectivity index (χ0v) is 11.8. The highest BCUT2D eigenvalue weighted by molar-refractivity contribution is 5.95. The van der Waals surface area contributed by atoms with Crippen molar-refractivity contribution in [2.45, 2.75) is 32.2 Å². The topological polar surface area (TPSA) is 78.1 Å². The molecule has 0 unspecified atom stereocenters. The normalized spacial score (nSPS) is 17.0. The minimum atomic E-state index is -1.11. The highest BCUT2D eigenvalue weighted by Gasteiger charge is 2.21. The summed E-state index contributed by atoms with van der Waals surface area (Å²) in [6.45, 7) is 2.63. The second-order valence-electron chi connectivity index (χ2n) is 5.48. The van der Waals surface area contributed by atoms with Crippen molar-refractivity contribution in [1.82, 2.24) is 14.3 Å². The zero-order valence-electron chi connectivity index (χ0n) is 11.8. The highest BCUT2D eigenvalue weighted by Crippen LogP contribution is 2.24. The zero-order chi connectivity index (χ0) is 14.8. The molecule has 112 valence electrons. The van der Waals surface area contributed by atoms with E-state index in [1.807, 2.05) is 0 Å². The summed E-state index contributed by atoms with van der Waals surface area (Å²) in [4.78, 5) is 17.9. The van der Waals surface area contributed by atoms with Crippen molar-refractivity contribution in [1.29, 1.82) is 0 Å². The maximum atomic E-state index is 11.3. The van der Waals surface area contributed by atoms with Gasteiger partial charge in [-0.05, 0) is 38.1 Å². The van der Waals surface area contributed by atoms with Gasteiger partial charge in [0.1, 0.15) is 17.1 Å². The van der Waals surface area contributed by atoms with Gasteiger partial charge < -0.3 is 10.2 Å². The Bertz CT molecular complexity index is 657. The van der Waals surface area contributed by atoms with Crippen molar-refractivity contribution >= 4 is 11.5 Å². The third-order valence-electron chi connectivity index (χ3n) is 3.98. The Hall–Kier alpha value is -2.08. The summed E-state index contributed by atoms with van der Waals surface area (Å²) >= 11 is 0. The molecule has 2 aromatic rings. The van der Waals surface area contributed by atoms with Crippen LogP contribution in [0.2, 0.25) is 0 Å². The maximum Gasteiger partial charge on any atom is 0.356 e. The van der Waals surface area contributed by atoms with Crippen LogP contribution in [0, 0.1) is 0 Å². The summed E-state index contributed by atoms with van der Waals surface area (Å²) in [5.41, 5.74) is 0.188. The standard InChI is InChI=1S/C15H19N3O3/c19-11-6-5-9-18-12(16-13(14(11)18)15(20)21)10-17-7-3-1-2-4-8-17/h5-6,9,19H,1-4,7-8,10H2,(H,20,21). The Morgan fingerprint density at radius 1 is 1.24 bits per heavy atom. The Kier molecular flexibility index (Phi) is 3.79. The first kappa shape index (κ1) is 13.9. The lowest BCUT2D eigenvalue weighted by Crippen LogP contribution is -2.25. The minimum absolute atomic E-state index is 0.0514. The third-order valence-corrected chi connectivity index (χ3v) is 3.98. The molecule has 1 saturated heterocycles. The van der Waals surface area contributed by atoms with E-state index < -0.39 is 5.97 Å². The van der Waals surface area contributed by atoms with Gasteiger partial charge in [-0.25, -0.2) is 9.78 Å². The average Bonchev–Trinajstić information content (AvgIpc) is 2.65. The van der Waals surface area contributed by atoms with Crippen molar-refractivity contribution in [3.05, 3.63) is 29.8 Å². The molecule has 6 nitrogen and oxygen atoms in total. The first-order chi connectivity index (χ1) is 10.2. The van der Waals surface area contributed by atoms with Crippen molar-refractivity contribution in [3.63, 3.8) is 0 Å². The lowest BCUT2D eigenvalue weighted by atomic mass is 10.2. The van der Waals surface area contributed by atoms with Gasteiger partial charge in [0.2, 0.25) is 0 Å². The molecule has 0 spiro atoms. The predicted molar refractivity (Wildman–Crippen MR) is 77.6 cm³/mol. The Morgan fingerprint density at radius 2 is 1.95 bits per heavy atom. The first-order valence-corrected chi connectivity index (χ1v) is 7.31. The van der Waals surface area contributed by atoms with E-state index in [2.05, 4.69) is 9.88 Å². The summed E-state index contributed by atoms with van der Waals surface area (Å²) < 4.78 is 1.68. The number of aromatic nitrogens is 2. The van der Waals surface area contributed by atoms with E-state index in [0.717, 1.165) is 13.1 Å². The van der Waals surface area contributed by atoms with E-state index in [4.69, 9.17) is 0 Å².